The number of hydrogen-bond donors (Lipinski definition) is 2. The Morgan fingerprint density at radius 3 is 2.72 bits per heavy atom. The first-order valence-electron chi connectivity index (χ1n) is 9.65. The van der Waals surface area contributed by atoms with Crippen LogP contribution in [0.3, 0.4) is 0 Å². The van der Waals surface area contributed by atoms with E-state index in [2.05, 4.69) is 22.5 Å². The molecule has 2 heterocycles. The van der Waals surface area contributed by atoms with Crippen molar-refractivity contribution in [2.75, 3.05) is 11.9 Å². The molecule has 1 spiro atoms. The van der Waals surface area contributed by atoms with Crippen molar-refractivity contribution in [3.05, 3.63) is 52.2 Å². The average Bonchev–Trinajstić information content (AvgIpc) is 3.31. The molecule has 0 bridgehead atoms. The van der Waals surface area contributed by atoms with Crippen molar-refractivity contribution >= 4 is 34.9 Å². The molecule has 0 unspecified atom stereocenters. The van der Waals surface area contributed by atoms with Gasteiger partial charge in [-0.15, -0.1) is 11.3 Å². The first kappa shape index (κ1) is 19.2. The van der Waals surface area contributed by atoms with E-state index in [9.17, 15) is 14.4 Å². The zero-order valence-electron chi connectivity index (χ0n) is 15.9. The predicted molar refractivity (Wildman–Crippen MR) is 111 cm³/mol. The Bertz CT molecular complexity index is 998. The highest BCUT2D eigenvalue weighted by atomic mass is 32.1. The van der Waals surface area contributed by atoms with Crippen LogP contribution >= 0.6 is 11.3 Å². The molecule has 7 heteroatoms. The molecule has 2 aromatic rings. The maximum atomic E-state index is 12.8. The quantitative estimate of drug-likeness (QED) is 0.605. The monoisotopic (exact) mass is 407 g/mol. The van der Waals surface area contributed by atoms with E-state index in [-0.39, 0.29) is 12.5 Å². The Hall–Kier alpha value is -3.11. The summed E-state index contributed by atoms with van der Waals surface area (Å²) in [7, 11) is 0. The Balaban J connectivity index is 1.40. The molecule has 29 heavy (non-hydrogen) atoms. The molecule has 1 aromatic heterocycles. The number of nitrogens with one attached hydrogen (secondary N) is 2. The molecule has 0 radical (unpaired) electrons. The van der Waals surface area contributed by atoms with Crippen molar-refractivity contribution < 1.29 is 14.4 Å². The van der Waals surface area contributed by atoms with Gasteiger partial charge in [0.1, 0.15) is 12.1 Å². The smallest absolute Gasteiger partial charge is 0.324 e. The number of benzene rings is 1. The SMILES string of the molecule is O=C(CN1C(=O)NC2(CCCCC2)C1=O)Nc1cccc(C#Cc2cccs2)c1. The first-order valence-corrected chi connectivity index (χ1v) is 10.5. The van der Waals surface area contributed by atoms with Gasteiger partial charge in [0.2, 0.25) is 5.91 Å². The molecule has 1 aliphatic carbocycles. The largest absolute Gasteiger partial charge is 0.325 e. The summed E-state index contributed by atoms with van der Waals surface area (Å²) in [4.78, 5) is 39.5. The normalized spacial score (nSPS) is 17.6. The topological polar surface area (TPSA) is 78.5 Å². The molecule has 4 amide bonds. The maximum Gasteiger partial charge on any atom is 0.325 e. The Morgan fingerprint density at radius 1 is 1.14 bits per heavy atom. The summed E-state index contributed by atoms with van der Waals surface area (Å²) in [6.07, 6.45) is 4.16. The Kier molecular flexibility index (Phi) is 5.36. The number of amides is 4. The van der Waals surface area contributed by atoms with Crippen molar-refractivity contribution in [3.8, 4) is 11.8 Å². The fourth-order valence-corrected chi connectivity index (χ4v) is 4.39. The third-order valence-electron chi connectivity index (χ3n) is 5.25. The van der Waals surface area contributed by atoms with E-state index in [0.717, 1.165) is 34.6 Å². The van der Waals surface area contributed by atoms with E-state index in [0.29, 0.717) is 18.5 Å². The second kappa shape index (κ2) is 8.10. The number of imide groups is 1. The molecule has 1 saturated heterocycles. The lowest BCUT2D eigenvalue weighted by molar-refractivity contribution is -0.134. The summed E-state index contributed by atoms with van der Waals surface area (Å²) < 4.78 is 0. The van der Waals surface area contributed by atoms with Crippen LogP contribution in [0, 0.1) is 11.8 Å². The van der Waals surface area contributed by atoms with Crippen LogP contribution in [0.25, 0.3) is 0 Å². The summed E-state index contributed by atoms with van der Waals surface area (Å²) in [5.74, 6) is 5.45. The number of nitrogens with zero attached hydrogens (tertiary/aromatic N) is 1. The van der Waals surface area contributed by atoms with Gasteiger partial charge in [-0.25, -0.2) is 4.79 Å². The minimum atomic E-state index is -0.813. The van der Waals surface area contributed by atoms with Crippen LogP contribution in [0.2, 0.25) is 0 Å². The van der Waals surface area contributed by atoms with Gasteiger partial charge in [0.15, 0.2) is 0 Å². The van der Waals surface area contributed by atoms with E-state index in [1.807, 2.05) is 23.6 Å². The number of carbonyl (C=O) groups excluding carboxylic acids is 3. The van der Waals surface area contributed by atoms with Gasteiger partial charge in [-0.2, -0.15) is 0 Å². The predicted octanol–water partition coefficient (Wildman–Crippen LogP) is 3.34. The molecule has 1 saturated carbocycles. The van der Waals surface area contributed by atoms with E-state index < -0.39 is 17.5 Å². The van der Waals surface area contributed by atoms with Gasteiger partial charge in [0.25, 0.3) is 5.91 Å². The van der Waals surface area contributed by atoms with Crippen LogP contribution in [-0.2, 0) is 9.59 Å². The van der Waals surface area contributed by atoms with E-state index in [1.165, 1.54) is 0 Å². The molecular weight excluding hydrogens is 386 g/mol. The molecule has 2 N–H and O–H groups in total. The first-order chi connectivity index (χ1) is 14.1. The lowest BCUT2D eigenvalue weighted by atomic mass is 9.82. The zero-order valence-corrected chi connectivity index (χ0v) is 16.7. The second-order valence-corrected chi connectivity index (χ2v) is 8.27. The summed E-state index contributed by atoms with van der Waals surface area (Å²) in [5.41, 5.74) is 0.534. The molecule has 2 aliphatic rings. The van der Waals surface area contributed by atoms with E-state index in [4.69, 9.17) is 0 Å². The molecule has 148 valence electrons. The minimum Gasteiger partial charge on any atom is -0.324 e. The molecule has 6 nitrogen and oxygen atoms in total. The van der Waals surface area contributed by atoms with Crippen LogP contribution < -0.4 is 10.6 Å². The Labute approximate surface area is 173 Å². The number of anilines is 1. The molecule has 0 atom stereocenters. The fraction of sp³-hybridized carbons (Fsp3) is 0.318. The van der Waals surface area contributed by atoms with Gasteiger partial charge in [-0.1, -0.05) is 43.2 Å². The third-order valence-corrected chi connectivity index (χ3v) is 6.04. The molecular formula is C22H21N3O3S. The van der Waals surface area contributed by atoms with E-state index >= 15 is 0 Å². The average molecular weight is 407 g/mol. The highest BCUT2D eigenvalue weighted by Gasteiger charge is 2.51. The summed E-state index contributed by atoms with van der Waals surface area (Å²) >= 11 is 1.57. The molecule has 1 aromatic carbocycles. The van der Waals surface area contributed by atoms with Crippen LogP contribution in [0.15, 0.2) is 41.8 Å². The zero-order chi connectivity index (χ0) is 20.3. The lowest BCUT2D eigenvalue weighted by Gasteiger charge is -2.30. The van der Waals surface area contributed by atoms with Crippen LogP contribution in [0.1, 0.15) is 42.5 Å². The molecule has 1 aliphatic heterocycles. The van der Waals surface area contributed by atoms with Gasteiger partial charge in [0, 0.05) is 11.3 Å². The van der Waals surface area contributed by atoms with Crippen LogP contribution in [-0.4, -0.2) is 34.8 Å². The van der Waals surface area contributed by atoms with Crippen molar-refractivity contribution in [2.45, 2.75) is 37.6 Å². The highest BCUT2D eigenvalue weighted by molar-refractivity contribution is 7.10. The standard InChI is InChI=1S/C22H21N3O3S/c26-19(15-25-20(27)22(24-21(25)28)11-2-1-3-12-22)23-17-7-4-6-16(14-17)9-10-18-8-5-13-29-18/h4-8,13-14H,1-3,11-12,15H2,(H,23,26)(H,24,28). The minimum absolute atomic E-state index is 0.284. The van der Waals surface area contributed by atoms with Crippen molar-refractivity contribution in [2.24, 2.45) is 0 Å². The lowest BCUT2D eigenvalue weighted by Crippen LogP contribution is -2.48. The summed E-state index contributed by atoms with van der Waals surface area (Å²) in [5, 5.41) is 7.54. The van der Waals surface area contributed by atoms with Gasteiger partial charge in [-0.05, 0) is 42.5 Å². The fourth-order valence-electron chi connectivity index (χ4n) is 3.82. The van der Waals surface area contributed by atoms with Crippen molar-refractivity contribution in [1.82, 2.24) is 10.2 Å². The summed E-state index contributed by atoms with van der Waals surface area (Å²) in [6, 6.07) is 10.6. The second-order valence-electron chi connectivity index (χ2n) is 7.32. The third kappa shape index (κ3) is 4.17. The molecule has 2 fully saturated rings. The maximum absolute atomic E-state index is 12.8. The Morgan fingerprint density at radius 2 is 1.97 bits per heavy atom. The van der Waals surface area contributed by atoms with Crippen LogP contribution in [0.4, 0.5) is 10.5 Å². The van der Waals surface area contributed by atoms with Crippen molar-refractivity contribution in [1.29, 1.82) is 0 Å². The van der Waals surface area contributed by atoms with Crippen LogP contribution in [0.5, 0.6) is 0 Å². The van der Waals surface area contributed by atoms with Crippen molar-refractivity contribution in [3.63, 3.8) is 0 Å². The van der Waals surface area contributed by atoms with Gasteiger partial charge >= 0.3 is 6.03 Å². The van der Waals surface area contributed by atoms with Gasteiger partial charge < -0.3 is 10.6 Å². The number of hydrogen-bond acceptors (Lipinski definition) is 4. The number of urea groups is 1. The molecule has 4 rings (SSSR count). The van der Waals surface area contributed by atoms with Gasteiger partial charge in [-0.3, -0.25) is 14.5 Å². The highest BCUT2D eigenvalue weighted by Crippen LogP contribution is 2.33. The van der Waals surface area contributed by atoms with E-state index in [1.54, 1.807) is 29.5 Å². The van der Waals surface area contributed by atoms with Gasteiger partial charge in [0.05, 0.1) is 4.88 Å². The number of rotatable bonds is 3. The summed E-state index contributed by atoms with van der Waals surface area (Å²) in [6.45, 7) is -0.294. The number of carbonyl (C=O) groups is 3. The number of thiophene rings is 1.